The Morgan fingerprint density at radius 3 is 2.57 bits per heavy atom. The van der Waals surface area contributed by atoms with Crippen LogP contribution >= 0.6 is 34.2 Å². The van der Waals surface area contributed by atoms with Crippen LogP contribution in [-0.2, 0) is 11.3 Å². The average Bonchev–Trinajstić information content (AvgIpc) is 2.48. The first-order valence-corrected chi connectivity index (χ1v) is 8.23. The van der Waals surface area contributed by atoms with Gasteiger partial charge in [0.05, 0.1) is 6.61 Å². The van der Waals surface area contributed by atoms with Gasteiger partial charge in [-0.2, -0.15) is 13.2 Å². The number of nitrogens with zero attached hydrogens (tertiary/aromatic N) is 4. The van der Waals surface area contributed by atoms with E-state index in [9.17, 15) is 13.2 Å². The lowest BCUT2D eigenvalue weighted by molar-refractivity contribution is -0.176. The van der Waals surface area contributed by atoms with Crippen LogP contribution in [0.15, 0.2) is 0 Å². The molecule has 0 atom stereocenters. The Labute approximate surface area is 150 Å². The Kier molecular flexibility index (Phi) is 6.27. The molecule has 2 heterocycles. The highest BCUT2D eigenvalue weighted by Crippen LogP contribution is 2.28. The first kappa shape index (κ1) is 18.5. The Balaban J connectivity index is 2.09. The summed E-state index contributed by atoms with van der Waals surface area (Å²) in [6, 6.07) is -0.00331. The smallest absolute Gasteiger partial charge is 0.366 e. The second kappa shape index (κ2) is 7.81. The normalized spacial score (nSPS) is 16.4. The molecule has 0 saturated carbocycles. The highest BCUT2D eigenvalue weighted by atomic mass is 127. The molecular weight excluding hydrogens is 448 g/mol. The minimum absolute atomic E-state index is 0.00331. The molecule has 1 aliphatic rings. The Morgan fingerprint density at radius 1 is 1.35 bits per heavy atom. The summed E-state index contributed by atoms with van der Waals surface area (Å²) >= 11 is 7.98. The molecule has 5 nitrogen and oxygen atoms in total. The molecule has 0 amide bonds. The Morgan fingerprint density at radius 2 is 2.00 bits per heavy atom. The van der Waals surface area contributed by atoms with Crippen LogP contribution in [0.1, 0.15) is 18.5 Å². The van der Waals surface area contributed by atoms with Crippen molar-refractivity contribution in [2.45, 2.75) is 31.7 Å². The van der Waals surface area contributed by atoms with Gasteiger partial charge in [0.25, 0.3) is 0 Å². The van der Waals surface area contributed by atoms with Crippen molar-refractivity contribution >= 4 is 40.0 Å². The summed E-state index contributed by atoms with van der Waals surface area (Å²) in [4.78, 5) is 13.9. The number of anilines is 1. The van der Waals surface area contributed by atoms with Crippen molar-refractivity contribution in [2.24, 2.45) is 0 Å². The van der Waals surface area contributed by atoms with E-state index in [1.54, 1.807) is 0 Å². The van der Waals surface area contributed by atoms with E-state index in [1.807, 2.05) is 27.5 Å². The molecule has 0 N–H and O–H groups in total. The average molecular weight is 461 g/mol. The molecule has 0 unspecified atom stereocenters. The second-order valence-corrected chi connectivity index (χ2v) is 6.41. The summed E-state index contributed by atoms with van der Waals surface area (Å²) in [6.45, 7) is 6.65. The first-order chi connectivity index (χ1) is 10.8. The third-order valence-corrected chi connectivity index (χ3v) is 4.43. The van der Waals surface area contributed by atoms with Crippen molar-refractivity contribution in [1.29, 1.82) is 0 Å². The molecule has 2 rings (SSSR count). The van der Waals surface area contributed by atoms with Crippen molar-refractivity contribution in [3.8, 4) is 0 Å². The van der Waals surface area contributed by atoms with Crippen LogP contribution in [0.4, 0.5) is 19.0 Å². The van der Waals surface area contributed by atoms with Gasteiger partial charge in [-0.1, -0.05) is 11.6 Å². The summed E-state index contributed by atoms with van der Waals surface area (Å²) in [5.74, 6) is 0.432. The van der Waals surface area contributed by atoms with E-state index in [1.165, 1.54) is 0 Å². The number of hydrogen-bond acceptors (Lipinski definition) is 4. The minimum atomic E-state index is -4.38. The molecule has 1 fully saturated rings. The fourth-order valence-electron chi connectivity index (χ4n) is 2.18. The van der Waals surface area contributed by atoms with Crippen LogP contribution in [-0.4, -0.2) is 41.9 Å². The molecule has 1 saturated heterocycles. The van der Waals surface area contributed by atoms with E-state index in [-0.39, 0.29) is 17.8 Å². The summed E-state index contributed by atoms with van der Waals surface area (Å²) in [5, 5.41) is 0.204. The maximum absolute atomic E-state index is 12.1. The topological polar surface area (TPSA) is 42.6 Å². The second-order valence-electron chi connectivity index (χ2n) is 5.03. The predicted molar refractivity (Wildman–Crippen MR) is 87.3 cm³/mol. The number of ether oxygens (including phenoxy) is 1. The van der Waals surface area contributed by atoms with E-state index < -0.39 is 12.8 Å². The van der Waals surface area contributed by atoms with Gasteiger partial charge < -0.3 is 14.5 Å². The van der Waals surface area contributed by atoms with Gasteiger partial charge in [-0.3, -0.25) is 0 Å². The van der Waals surface area contributed by atoms with Gasteiger partial charge in [0, 0.05) is 25.9 Å². The van der Waals surface area contributed by atoms with E-state index in [0.29, 0.717) is 41.1 Å². The molecule has 1 aromatic heterocycles. The van der Waals surface area contributed by atoms with Gasteiger partial charge >= 0.3 is 6.18 Å². The van der Waals surface area contributed by atoms with Gasteiger partial charge in [0.2, 0.25) is 6.04 Å². The summed E-state index contributed by atoms with van der Waals surface area (Å²) < 4.78 is 41.5. The summed E-state index contributed by atoms with van der Waals surface area (Å²) in [7, 11) is 0. The molecule has 1 aliphatic heterocycles. The third-order valence-electron chi connectivity index (χ3n) is 3.31. The van der Waals surface area contributed by atoms with Crippen molar-refractivity contribution in [2.75, 3.05) is 24.6 Å². The van der Waals surface area contributed by atoms with Gasteiger partial charge in [0.1, 0.15) is 16.0 Å². The van der Waals surface area contributed by atoms with Crippen molar-refractivity contribution in [1.82, 2.24) is 9.97 Å². The van der Waals surface area contributed by atoms with Crippen LogP contribution in [0.3, 0.4) is 0 Å². The molecule has 0 aliphatic carbocycles. The number of alkyl halides is 3. The quantitative estimate of drug-likeness (QED) is 0.508. The standard InChI is InChI=1S/C13H13ClF3IN4O/c1-19-8-2-4-22(5-3-8)12-10(14)21-11(18)9(20-12)6-23-7-13(15,16)17/h8H,2-7H2. The lowest BCUT2D eigenvalue weighted by atomic mass is 10.1. The van der Waals surface area contributed by atoms with E-state index in [4.69, 9.17) is 18.2 Å². The number of hydrogen-bond donors (Lipinski definition) is 0. The van der Waals surface area contributed by atoms with Gasteiger partial charge in [-0.25, -0.2) is 16.5 Å². The van der Waals surface area contributed by atoms with Crippen LogP contribution in [0.5, 0.6) is 0 Å². The zero-order chi connectivity index (χ0) is 17.0. The maximum Gasteiger partial charge on any atom is 0.411 e. The highest BCUT2D eigenvalue weighted by molar-refractivity contribution is 14.1. The van der Waals surface area contributed by atoms with E-state index >= 15 is 0 Å². The molecule has 0 bridgehead atoms. The Hall–Kier alpha value is -0.860. The van der Waals surface area contributed by atoms with Crippen LogP contribution < -0.4 is 4.90 Å². The molecule has 0 radical (unpaired) electrons. The van der Waals surface area contributed by atoms with Gasteiger partial charge in [-0.15, -0.1) is 0 Å². The number of aromatic nitrogens is 2. The van der Waals surface area contributed by atoms with E-state index in [2.05, 4.69) is 19.5 Å². The number of halogens is 5. The minimum Gasteiger partial charge on any atom is -0.366 e. The van der Waals surface area contributed by atoms with Crippen LogP contribution in [0, 0.1) is 10.3 Å². The maximum atomic E-state index is 12.1. The lowest BCUT2D eigenvalue weighted by Crippen LogP contribution is -2.36. The molecule has 0 aromatic carbocycles. The first-order valence-electron chi connectivity index (χ1n) is 6.78. The summed E-state index contributed by atoms with van der Waals surface area (Å²) in [6.07, 6.45) is -2.98. The highest BCUT2D eigenvalue weighted by Gasteiger charge is 2.28. The molecule has 126 valence electrons. The van der Waals surface area contributed by atoms with Crippen molar-refractivity contribution < 1.29 is 17.9 Å². The molecular formula is C13H13ClF3IN4O. The van der Waals surface area contributed by atoms with Gasteiger partial charge in [0.15, 0.2) is 11.0 Å². The third kappa shape index (κ3) is 5.32. The zero-order valence-electron chi connectivity index (χ0n) is 11.9. The Bertz CT molecular complexity index is 600. The monoisotopic (exact) mass is 460 g/mol. The van der Waals surface area contributed by atoms with E-state index in [0.717, 1.165) is 0 Å². The van der Waals surface area contributed by atoms with Crippen molar-refractivity contribution in [3.63, 3.8) is 0 Å². The molecule has 1 aromatic rings. The van der Waals surface area contributed by atoms with Crippen LogP contribution in [0.25, 0.3) is 4.85 Å². The van der Waals surface area contributed by atoms with Crippen LogP contribution in [0.2, 0.25) is 5.15 Å². The largest absolute Gasteiger partial charge is 0.411 e. The van der Waals surface area contributed by atoms with Gasteiger partial charge in [-0.05, 0) is 22.6 Å². The summed E-state index contributed by atoms with van der Waals surface area (Å²) in [5.41, 5.74) is 0.321. The molecule has 0 spiro atoms. The zero-order valence-corrected chi connectivity index (χ0v) is 14.8. The fourth-order valence-corrected chi connectivity index (χ4v) is 3.09. The molecule has 10 heteroatoms. The SMILES string of the molecule is [C-]#[N+]C1CCN(c2nc(COCC(F)(F)F)c(I)nc2Cl)CC1. The lowest BCUT2D eigenvalue weighted by Gasteiger charge is -2.29. The number of piperidine rings is 1. The fraction of sp³-hybridized carbons (Fsp3) is 0.615. The molecule has 23 heavy (non-hydrogen) atoms. The number of rotatable bonds is 4. The van der Waals surface area contributed by atoms with Crippen molar-refractivity contribution in [3.05, 3.63) is 26.0 Å². The predicted octanol–water partition coefficient (Wildman–Crippen LogP) is 3.70.